The van der Waals surface area contributed by atoms with Crippen LogP contribution in [-0.2, 0) is 0 Å². The second-order valence-electron chi connectivity index (χ2n) is 3.79. The van der Waals surface area contributed by atoms with Crippen LogP contribution >= 0.6 is 0 Å². The van der Waals surface area contributed by atoms with Crippen LogP contribution < -0.4 is 4.90 Å². The number of nitrogens with zero attached hydrogens (tertiary/aromatic N) is 3. The monoisotopic (exact) mass is 237 g/mol. The molecule has 0 bridgehead atoms. The van der Waals surface area contributed by atoms with Crippen molar-refractivity contribution in [3.8, 4) is 6.07 Å². The normalized spacial score (nSPS) is 9.56. The summed E-state index contributed by atoms with van der Waals surface area (Å²) in [4.78, 5) is 16.6. The van der Waals surface area contributed by atoms with E-state index in [2.05, 4.69) is 11.1 Å². The van der Waals surface area contributed by atoms with Crippen LogP contribution in [0.25, 0.3) is 0 Å². The number of carbonyl (C=O) groups is 1. The number of aromatic nitrogens is 1. The number of nitriles is 1. The smallest absolute Gasteiger partial charge is 0.151 e. The Morgan fingerprint density at radius 3 is 2.78 bits per heavy atom. The van der Waals surface area contributed by atoms with Crippen molar-refractivity contribution in [2.24, 2.45) is 0 Å². The first-order valence-corrected chi connectivity index (χ1v) is 5.39. The average Bonchev–Trinajstić information content (AvgIpc) is 2.46. The highest BCUT2D eigenvalue weighted by Crippen LogP contribution is 2.22. The maximum atomic E-state index is 10.6. The summed E-state index contributed by atoms with van der Waals surface area (Å²) in [5, 5.41) is 8.86. The van der Waals surface area contributed by atoms with Gasteiger partial charge in [0.05, 0.1) is 11.6 Å². The van der Waals surface area contributed by atoms with Crippen molar-refractivity contribution < 1.29 is 4.79 Å². The van der Waals surface area contributed by atoms with Crippen LogP contribution in [0.4, 0.5) is 11.5 Å². The van der Waals surface area contributed by atoms with Gasteiger partial charge in [0.2, 0.25) is 0 Å². The molecule has 0 spiro atoms. The number of aldehydes is 1. The van der Waals surface area contributed by atoms with Crippen LogP contribution in [0.3, 0.4) is 0 Å². The average molecular weight is 237 g/mol. The van der Waals surface area contributed by atoms with Crippen molar-refractivity contribution in [1.29, 1.82) is 5.26 Å². The highest BCUT2D eigenvalue weighted by molar-refractivity contribution is 5.75. The third kappa shape index (κ3) is 2.36. The molecule has 0 unspecified atom stereocenters. The molecule has 0 aliphatic heterocycles. The van der Waals surface area contributed by atoms with E-state index in [1.54, 1.807) is 24.3 Å². The zero-order valence-electron chi connectivity index (χ0n) is 9.87. The molecule has 1 aromatic carbocycles. The summed E-state index contributed by atoms with van der Waals surface area (Å²) in [6.07, 6.45) is 2.28. The van der Waals surface area contributed by atoms with Crippen LogP contribution in [0.15, 0.2) is 42.6 Å². The van der Waals surface area contributed by atoms with Gasteiger partial charge < -0.3 is 4.90 Å². The molecule has 4 nitrogen and oxygen atoms in total. The fourth-order valence-electron chi connectivity index (χ4n) is 1.58. The molecule has 0 atom stereocenters. The molecule has 2 aromatic rings. The molecule has 1 aromatic heterocycles. The number of benzene rings is 1. The largest absolute Gasteiger partial charge is 0.329 e. The maximum Gasteiger partial charge on any atom is 0.151 e. The van der Waals surface area contributed by atoms with Crippen molar-refractivity contribution in [3.05, 3.63) is 53.7 Å². The van der Waals surface area contributed by atoms with Gasteiger partial charge >= 0.3 is 0 Å². The topological polar surface area (TPSA) is 57.0 Å². The molecule has 2 rings (SSSR count). The van der Waals surface area contributed by atoms with E-state index in [1.165, 1.54) is 6.20 Å². The third-order valence-electron chi connectivity index (χ3n) is 2.61. The zero-order valence-corrected chi connectivity index (χ0v) is 9.87. The summed E-state index contributed by atoms with van der Waals surface area (Å²) in [5.74, 6) is 0.718. The summed E-state index contributed by atoms with van der Waals surface area (Å²) < 4.78 is 0. The molecular weight excluding hydrogens is 226 g/mol. The summed E-state index contributed by atoms with van der Waals surface area (Å²) in [6.45, 7) is 0. The standard InChI is InChI=1S/C14H11N3O/c1-17(13-4-2-3-11(7-13)8-15)14-6-5-12(10-18)9-16-14/h2-7,9-10H,1H3. The summed E-state index contributed by atoms with van der Waals surface area (Å²) in [5.41, 5.74) is 2.02. The summed E-state index contributed by atoms with van der Waals surface area (Å²) in [7, 11) is 1.86. The van der Waals surface area contributed by atoms with Crippen LogP contribution in [-0.4, -0.2) is 18.3 Å². The molecule has 18 heavy (non-hydrogen) atoms. The van der Waals surface area contributed by atoms with Crippen molar-refractivity contribution in [1.82, 2.24) is 4.98 Å². The molecule has 1 heterocycles. The van der Waals surface area contributed by atoms with E-state index < -0.39 is 0 Å². The number of hydrogen-bond donors (Lipinski definition) is 0. The number of carbonyl (C=O) groups excluding carboxylic acids is 1. The molecule has 0 aliphatic carbocycles. The highest BCUT2D eigenvalue weighted by atomic mass is 16.1. The molecule has 0 radical (unpaired) electrons. The maximum absolute atomic E-state index is 10.6. The molecule has 0 fully saturated rings. The Labute approximate surface area is 105 Å². The molecule has 0 saturated carbocycles. The lowest BCUT2D eigenvalue weighted by Gasteiger charge is -2.18. The van der Waals surface area contributed by atoms with Crippen LogP contribution in [0.2, 0.25) is 0 Å². The quantitative estimate of drug-likeness (QED) is 0.770. The number of anilines is 2. The van der Waals surface area contributed by atoms with E-state index in [-0.39, 0.29) is 0 Å². The van der Waals surface area contributed by atoms with E-state index in [9.17, 15) is 4.79 Å². The van der Waals surface area contributed by atoms with Gasteiger partial charge in [0.1, 0.15) is 5.82 Å². The second-order valence-corrected chi connectivity index (χ2v) is 3.79. The fourth-order valence-corrected chi connectivity index (χ4v) is 1.58. The van der Waals surface area contributed by atoms with E-state index in [0.29, 0.717) is 11.1 Å². The fraction of sp³-hybridized carbons (Fsp3) is 0.0714. The summed E-state index contributed by atoms with van der Waals surface area (Å²) >= 11 is 0. The lowest BCUT2D eigenvalue weighted by molar-refractivity contribution is 0.112. The van der Waals surface area contributed by atoms with E-state index in [4.69, 9.17) is 5.26 Å². The van der Waals surface area contributed by atoms with Gasteiger partial charge in [-0.2, -0.15) is 5.26 Å². The summed E-state index contributed by atoms with van der Waals surface area (Å²) in [6, 6.07) is 12.8. The third-order valence-corrected chi connectivity index (χ3v) is 2.61. The Hall–Kier alpha value is -2.67. The number of rotatable bonds is 3. The minimum atomic E-state index is 0.540. The molecule has 0 N–H and O–H groups in total. The minimum absolute atomic E-state index is 0.540. The molecule has 88 valence electrons. The Balaban J connectivity index is 2.32. The Morgan fingerprint density at radius 2 is 2.17 bits per heavy atom. The van der Waals surface area contributed by atoms with Gasteiger partial charge in [-0.15, -0.1) is 0 Å². The molecule has 0 amide bonds. The zero-order chi connectivity index (χ0) is 13.0. The minimum Gasteiger partial charge on any atom is -0.329 e. The van der Waals surface area contributed by atoms with Gasteiger partial charge in [-0.3, -0.25) is 4.79 Å². The second kappa shape index (κ2) is 5.11. The van der Waals surface area contributed by atoms with Crippen molar-refractivity contribution in [3.63, 3.8) is 0 Å². The molecule has 0 saturated heterocycles. The first-order valence-electron chi connectivity index (χ1n) is 5.39. The highest BCUT2D eigenvalue weighted by Gasteiger charge is 2.05. The van der Waals surface area contributed by atoms with Gasteiger partial charge in [0, 0.05) is 24.5 Å². The molecule has 4 heteroatoms. The lowest BCUT2D eigenvalue weighted by Crippen LogP contribution is -2.11. The van der Waals surface area contributed by atoms with E-state index in [0.717, 1.165) is 17.8 Å². The molecular formula is C14H11N3O. The predicted octanol–water partition coefficient (Wildman–Crippen LogP) is 2.53. The van der Waals surface area contributed by atoms with E-state index >= 15 is 0 Å². The van der Waals surface area contributed by atoms with Crippen molar-refractivity contribution in [2.75, 3.05) is 11.9 Å². The predicted molar refractivity (Wildman–Crippen MR) is 68.8 cm³/mol. The van der Waals surface area contributed by atoms with Crippen molar-refractivity contribution in [2.45, 2.75) is 0 Å². The number of pyridine rings is 1. The van der Waals surface area contributed by atoms with Crippen LogP contribution in [0.1, 0.15) is 15.9 Å². The van der Waals surface area contributed by atoms with Gasteiger partial charge in [-0.1, -0.05) is 6.07 Å². The van der Waals surface area contributed by atoms with Crippen LogP contribution in [0, 0.1) is 11.3 Å². The molecule has 0 aliphatic rings. The van der Waals surface area contributed by atoms with Gasteiger partial charge in [-0.05, 0) is 30.3 Å². The van der Waals surface area contributed by atoms with Crippen LogP contribution in [0.5, 0.6) is 0 Å². The van der Waals surface area contributed by atoms with E-state index in [1.807, 2.05) is 24.1 Å². The Morgan fingerprint density at radius 1 is 1.33 bits per heavy atom. The lowest BCUT2D eigenvalue weighted by atomic mass is 10.2. The first-order chi connectivity index (χ1) is 8.74. The SMILES string of the molecule is CN(c1cccc(C#N)c1)c1ccc(C=O)cn1. The van der Waals surface area contributed by atoms with Gasteiger partial charge in [0.15, 0.2) is 6.29 Å². The van der Waals surface area contributed by atoms with Crippen molar-refractivity contribution >= 4 is 17.8 Å². The Kier molecular flexibility index (Phi) is 3.35. The van der Waals surface area contributed by atoms with Gasteiger partial charge in [-0.25, -0.2) is 4.98 Å². The first kappa shape index (κ1) is 11.8. The number of hydrogen-bond acceptors (Lipinski definition) is 4. The van der Waals surface area contributed by atoms with Gasteiger partial charge in [0.25, 0.3) is 0 Å². The Bertz CT molecular complexity index is 599.